The van der Waals surface area contributed by atoms with Crippen LogP contribution in [0.1, 0.15) is 124 Å². The molecule has 2 heteroatoms. The van der Waals surface area contributed by atoms with Gasteiger partial charge in [-0.25, -0.2) is 0 Å². The highest BCUT2D eigenvalue weighted by Gasteiger charge is 2.16. The highest BCUT2D eigenvalue weighted by Crippen LogP contribution is 2.18. The van der Waals surface area contributed by atoms with E-state index in [0.29, 0.717) is 0 Å². The molecule has 0 spiro atoms. The van der Waals surface area contributed by atoms with Gasteiger partial charge in [0.25, 0.3) is 0 Å². The van der Waals surface area contributed by atoms with Gasteiger partial charge < -0.3 is 5.32 Å². The Labute approximate surface area is 152 Å². The molecule has 2 nitrogen and oxygen atoms in total. The summed E-state index contributed by atoms with van der Waals surface area (Å²) in [7, 11) is 0. The van der Waals surface area contributed by atoms with E-state index in [0.717, 1.165) is 19.4 Å². The summed E-state index contributed by atoms with van der Waals surface area (Å²) in [5.41, 5.74) is 0. The molecule has 1 unspecified atom stereocenters. The SMILES string of the molecule is CCCCCCCCCCCCCCC(CCCC)C(=O)NCC. The number of hydrogen-bond acceptors (Lipinski definition) is 1. The molecule has 144 valence electrons. The van der Waals surface area contributed by atoms with E-state index in [1.807, 2.05) is 6.92 Å². The van der Waals surface area contributed by atoms with E-state index >= 15 is 0 Å². The third-order valence-electron chi connectivity index (χ3n) is 5.03. The van der Waals surface area contributed by atoms with Gasteiger partial charge in [0.05, 0.1) is 0 Å². The van der Waals surface area contributed by atoms with Crippen LogP contribution in [0, 0.1) is 5.92 Å². The van der Waals surface area contributed by atoms with Gasteiger partial charge in [-0.3, -0.25) is 4.79 Å². The second-order valence-electron chi connectivity index (χ2n) is 7.41. The minimum absolute atomic E-state index is 0.257. The fourth-order valence-corrected chi connectivity index (χ4v) is 3.41. The van der Waals surface area contributed by atoms with Crippen LogP contribution in [0.4, 0.5) is 0 Å². The van der Waals surface area contributed by atoms with Gasteiger partial charge in [-0.2, -0.15) is 0 Å². The molecule has 0 aromatic rings. The predicted octanol–water partition coefficient (Wildman–Crippen LogP) is 7.02. The summed E-state index contributed by atoms with van der Waals surface area (Å²) in [5, 5.41) is 3.01. The maximum atomic E-state index is 12.1. The van der Waals surface area contributed by atoms with E-state index in [4.69, 9.17) is 0 Å². The van der Waals surface area contributed by atoms with Crippen molar-refractivity contribution in [3.05, 3.63) is 0 Å². The molecule has 1 N–H and O–H groups in total. The fraction of sp³-hybridized carbons (Fsp3) is 0.955. The van der Waals surface area contributed by atoms with Crippen molar-refractivity contribution in [1.82, 2.24) is 5.32 Å². The lowest BCUT2D eigenvalue weighted by Gasteiger charge is -2.15. The van der Waals surface area contributed by atoms with Crippen molar-refractivity contribution in [2.45, 2.75) is 124 Å². The lowest BCUT2D eigenvalue weighted by molar-refractivity contribution is -0.125. The van der Waals surface area contributed by atoms with Gasteiger partial charge in [-0.1, -0.05) is 104 Å². The van der Waals surface area contributed by atoms with Gasteiger partial charge in [-0.15, -0.1) is 0 Å². The highest BCUT2D eigenvalue weighted by molar-refractivity contribution is 5.78. The maximum absolute atomic E-state index is 12.1. The monoisotopic (exact) mass is 339 g/mol. The number of rotatable bonds is 18. The van der Waals surface area contributed by atoms with Gasteiger partial charge in [0.1, 0.15) is 0 Å². The molecule has 0 saturated carbocycles. The highest BCUT2D eigenvalue weighted by atomic mass is 16.1. The van der Waals surface area contributed by atoms with Crippen molar-refractivity contribution in [3.8, 4) is 0 Å². The smallest absolute Gasteiger partial charge is 0.223 e. The number of hydrogen-bond donors (Lipinski definition) is 1. The molecule has 1 atom stereocenters. The first-order valence-electron chi connectivity index (χ1n) is 11.0. The summed E-state index contributed by atoms with van der Waals surface area (Å²) >= 11 is 0. The molecule has 0 aliphatic carbocycles. The van der Waals surface area contributed by atoms with E-state index in [1.165, 1.54) is 89.9 Å². The standard InChI is InChI=1S/C22H45NO/c1-4-7-9-10-11-12-13-14-15-16-17-18-20-21(19-8-5-2)22(24)23-6-3/h21H,4-20H2,1-3H3,(H,23,24). The van der Waals surface area contributed by atoms with Crippen LogP contribution in [0.25, 0.3) is 0 Å². The molecule has 24 heavy (non-hydrogen) atoms. The first kappa shape index (κ1) is 23.5. The predicted molar refractivity (Wildman–Crippen MR) is 107 cm³/mol. The molecule has 0 heterocycles. The fourth-order valence-electron chi connectivity index (χ4n) is 3.41. The normalized spacial score (nSPS) is 12.3. The Morgan fingerprint density at radius 1 is 0.625 bits per heavy atom. The van der Waals surface area contributed by atoms with E-state index in [2.05, 4.69) is 19.2 Å². The molecular weight excluding hydrogens is 294 g/mol. The number of carbonyl (C=O) groups excluding carboxylic acids is 1. The molecule has 0 aromatic heterocycles. The summed E-state index contributed by atoms with van der Waals surface area (Å²) < 4.78 is 0. The minimum Gasteiger partial charge on any atom is -0.356 e. The summed E-state index contributed by atoms with van der Waals surface area (Å²) in [6.07, 6.45) is 21.1. The Balaban J connectivity index is 3.49. The molecule has 1 amide bonds. The summed E-state index contributed by atoms with van der Waals surface area (Å²) in [6.45, 7) is 7.26. The molecule has 0 rings (SSSR count). The van der Waals surface area contributed by atoms with Gasteiger partial charge in [0, 0.05) is 12.5 Å². The zero-order valence-electron chi connectivity index (χ0n) is 17.0. The average Bonchev–Trinajstić information content (AvgIpc) is 2.58. The molecule has 0 fully saturated rings. The van der Waals surface area contributed by atoms with E-state index in [-0.39, 0.29) is 11.8 Å². The molecule has 0 radical (unpaired) electrons. The number of unbranched alkanes of at least 4 members (excludes halogenated alkanes) is 12. The van der Waals surface area contributed by atoms with Crippen molar-refractivity contribution in [2.75, 3.05) is 6.54 Å². The van der Waals surface area contributed by atoms with E-state index in [9.17, 15) is 4.79 Å². The first-order chi connectivity index (χ1) is 11.8. The van der Waals surface area contributed by atoms with Gasteiger partial charge in [0.2, 0.25) is 5.91 Å². The molecule has 0 aliphatic rings. The van der Waals surface area contributed by atoms with Crippen LogP contribution in [0.3, 0.4) is 0 Å². The number of amides is 1. The topological polar surface area (TPSA) is 29.1 Å². The Kier molecular flexibility index (Phi) is 18.4. The Morgan fingerprint density at radius 3 is 1.50 bits per heavy atom. The molecular formula is C22H45NO. The summed E-state index contributed by atoms with van der Waals surface area (Å²) in [5.74, 6) is 0.544. The second kappa shape index (κ2) is 18.8. The van der Waals surface area contributed by atoms with Gasteiger partial charge in [-0.05, 0) is 19.8 Å². The largest absolute Gasteiger partial charge is 0.356 e. The average molecular weight is 340 g/mol. The van der Waals surface area contributed by atoms with Crippen LogP contribution >= 0.6 is 0 Å². The quantitative estimate of drug-likeness (QED) is 0.267. The lowest BCUT2D eigenvalue weighted by atomic mass is 9.94. The van der Waals surface area contributed by atoms with Crippen molar-refractivity contribution >= 4 is 5.91 Å². The van der Waals surface area contributed by atoms with E-state index in [1.54, 1.807) is 0 Å². The Hall–Kier alpha value is -0.530. The van der Waals surface area contributed by atoms with Crippen LogP contribution in [-0.4, -0.2) is 12.5 Å². The van der Waals surface area contributed by atoms with E-state index < -0.39 is 0 Å². The summed E-state index contributed by atoms with van der Waals surface area (Å²) in [6, 6.07) is 0. The zero-order chi connectivity index (χ0) is 17.9. The minimum atomic E-state index is 0.257. The molecule has 0 aromatic carbocycles. The van der Waals surface area contributed by atoms with Crippen LogP contribution < -0.4 is 5.32 Å². The first-order valence-corrected chi connectivity index (χ1v) is 11.0. The lowest BCUT2D eigenvalue weighted by Crippen LogP contribution is -2.30. The maximum Gasteiger partial charge on any atom is 0.223 e. The van der Waals surface area contributed by atoms with Gasteiger partial charge in [0.15, 0.2) is 0 Å². The number of nitrogens with one attached hydrogen (secondary N) is 1. The van der Waals surface area contributed by atoms with Crippen LogP contribution in [0.5, 0.6) is 0 Å². The summed E-state index contributed by atoms with van der Waals surface area (Å²) in [4.78, 5) is 12.1. The van der Waals surface area contributed by atoms with Crippen molar-refractivity contribution < 1.29 is 4.79 Å². The Bertz CT molecular complexity index is 265. The molecule has 0 saturated heterocycles. The second-order valence-corrected chi connectivity index (χ2v) is 7.41. The third-order valence-corrected chi connectivity index (χ3v) is 5.03. The Morgan fingerprint density at radius 2 is 1.04 bits per heavy atom. The zero-order valence-corrected chi connectivity index (χ0v) is 17.0. The third kappa shape index (κ3) is 15.0. The van der Waals surface area contributed by atoms with Crippen LogP contribution in [0.15, 0.2) is 0 Å². The van der Waals surface area contributed by atoms with Crippen molar-refractivity contribution in [1.29, 1.82) is 0 Å². The molecule has 0 aliphatic heterocycles. The van der Waals surface area contributed by atoms with Crippen molar-refractivity contribution in [2.24, 2.45) is 5.92 Å². The number of carbonyl (C=O) groups is 1. The van der Waals surface area contributed by atoms with Crippen LogP contribution in [0.2, 0.25) is 0 Å². The molecule has 0 bridgehead atoms. The van der Waals surface area contributed by atoms with Gasteiger partial charge >= 0.3 is 0 Å². The van der Waals surface area contributed by atoms with Crippen LogP contribution in [-0.2, 0) is 4.79 Å². The van der Waals surface area contributed by atoms with Crippen molar-refractivity contribution in [3.63, 3.8) is 0 Å².